The molecule has 1 aliphatic rings. The average molecular weight is 262 g/mol. The first kappa shape index (κ1) is 12.3. The number of ketones is 2. The van der Waals surface area contributed by atoms with Gasteiger partial charge in [0.05, 0.1) is 0 Å². The number of aliphatic hydroxyl groups excluding tert-OH is 1. The molecule has 0 bridgehead atoms. The van der Waals surface area contributed by atoms with Crippen LogP contribution in [-0.2, 0) is 0 Å². The third-order valence-electron chi connectivity index (χ3n) is 3.24. The number of rotatable bonds is 0. The van der Waals surface area contributed by atoms with Crippen LogP contribution in [0, 0.1) is 11.8 Å². The van der Waals surface area contributed by atoms with E-state index in [1.165, 1.54) is 0 Å². The molecule has 0 radical (unpaired) electrons. The van der Waals surface area contributed by atoms with Gasteiger partial charge in [0, 0.05) is 16.7 Å². The molecule has 3 nitrogen and oxygen atoms in total. The van der Waals surface area contributed by atoms with Crippen molar-refractivity contribution >= 4 is 11.6 Å². The van der Waals surface area contributed by atoms with Gasteiger partial charge in [-0.3, -0.25) is 9.59 Å². The van der Waals surface area contributed by atoms with Crippen LogP contribution in [0.25, 0.3) is 11.1 Å². The molecule has 96 valence electrons. The van der Waals surface area contributed by atoms with Crippen LogP contribution in [0.3, 0.4) is 0 Å². The van der Waals surface area contributed by atoms with Gasteiger partial charge >= 0.3 is 0 Å². The number of hydrogen-bond acceptors (Lipinski definition) is 3. The van der Waals surface area contributed by atoms with Gasteiger partial charge in [0.25, 0.3) is 0 Å². The summed E-state index contributed by atoms with van der Waals surface area (Å²) in [5.74, 6) is 4.42. The molecule has 2 aromatic rings. The van der Waals surface area contributed by atoms with Crippen LogP contribution in [0.2, 0.25) is 0 Å². The Hall–Kier alpha value is -2.70. The van der Waals surface area contributed by atoms with Crippen LogP contribution in [-0.4, -0.2) is 23.3 Å². The maximum atomic E-state index is 12.1. The summed E-state index contributed by atoms with van der Waals surface area (Å²) in [7, 11) is 0. The van der Waals surface area contributed by atoms with Crippen LogP contribution < -0.4 is 0 Å². The Morgan fingerprint density at radius 3 is 2.20 bits per heavy atom. The van der Waals surface area contributed by atoms with Crippen molar-refractivity contribution in [2.45, 2.75) is 0 Å². The SMILES string of the molecule is O=C1C(=O)c2ccc(C#CCO)cc2-c2ccccc21. The lowest BCUT2D eigenvalue weighted by Crippen LogP contribution is -2.21. The Bertz CT molecular complexity index is 791. The van der Waals surface area contributed by atoms with E-state index in [-0.39, 0.29) is 6.61 Å². The number of aliphatic hydroxyl groups is 1. The molecule has 1 aliphatic carbocycles. The zero-order chi connectivity index (χ0) is 14.1. The number of carbonyl (C=O) groups is 2. The molecule has 0 aromatic heterocycles. The van der Waals surface area contributed by atoms with Crippen molar-refractivity contribution in [1.29, 1.82) is 0 Å². The predicted molar refractivity (Wildman–Crippen MR) is 74.5 cm³/mol. The molecule has 0 heterocycles. The normalized spacial score (nSPS) is 12.2. The van der Waals surface area contributed by atoms with E-state index in [1.54, 1.807) is 30.3 Å². The fourth-order valence-corrected chi connectivity index (χ4v) is 2.35. The minimum Gasteiger partial charge on any atom is -0.384 e. The topological polar surface area (TPSA) is 54.4 Å². The van der Waals surface area contributed by atoms with Gasteiger partial charge in [-0.1, -0.05) is 36.1 Å². The monoisotopic (exact) mass is 262 g/mol. The highest BCUT2D eigenvalue weighted by atomic mass is 16.2. The standard InChI is InChI=1S/C17H10O3/c18-9-3-4-11-7-8-14-15(10-11)12-5-1-2-6-13(12)16(19)17(14)20/h1-2,5-8,10,18H,9H2. The second-order valence-electron chi connectivity index (χ2n) is 4.42. The van der Waals surface area contributed by atoms with Crippen LogP contribution in [0.15, 0.2) is 42.5 Å². The Labute approximate surface area is 115 Å². The van der Waals surface area contributed by atoms with E-state index in [0.717, 1.165) is 11.1 Å². The Balaban J connectivity index is 2.26. The summed E-state index contributed by atoms with van der Waals surface area (Å²) < 4.78 is 0. The zero-order valence-corrected chi connectivity index (χ0v) is 10.5. The van der Waals surface area contributed by atoms with Crippen molar-refractivity contribution in [2.24, 2.45) is 0 Å². The first-order chi connectivity index (χ1) is 9.72. The van der Waals surface area contributed by atoms with Crippen molar-refractivity contribution < 1.29 is 14.7 Å². The van der Waals surface area contributed by atoms with E-state index in [1.807, 2.05) is 12.1 Å². The van der Waals surface area contributed by atoms with Gasteiger partial charge in [-0.2, -0.15) is 0 Å². The highest BCUT2D eigenvalue weighted by Crippen LogP contribution is 2.33. The van der Waals surface area contributed by atoms with Gasteiger partial charge in [-0.15, -0.1) is 0 Å². The molecule has 0 atom stereocenters. The van der Waals surface area contributed by atoms with Crippen molar-refractivity contribution in [1.82, 2.24) is 0 Å². The minimum atomic E-state index is -0.486. The van der Waals surface area contributed by atoms with Crippen molar-refractivity contribution in [3.05, 3.63) is 59.2 Å². The van der Waals surface area contributed by atoms with E-state index < -0.39 is 11.6 Å². The molecule has 0 amide bonds. The number of hydrogen-bond donors (Lipinski definition) is 1. The molecule has 1 N–H and O–H groups in total. The number of benzene rings is 2. The Kier molecular flexibility index (Phi) is 2.94. The van der Waals surface area contributed by atoms with Gasteiger partial charge in [0.15, 0.2) is 0 Å². The number of Topliss-reactive ketones (excluding diaryl/α,β-unsaturated/α-hetero) is 2. The third-order valence-corrected chi connectivity index (χ3v) is 3.24. The highest BCUT2D eigenvalue weighted by Gasteiger charge is 2.29. The summed E-state index contributed by atoms with van der Waals surface area (Å²) >= 11 is 0. The number of carbonyl (C=O) groups excluding carboxylic acids is 2. The summed E-state index contributed by atoms with van der Waals surface area (Å²) in [6.45, 7) is -0.217. The second-order valence-corrected chi connectivity index (χ2v) is 4.42. The molecule has 2 aromatic carbocycles. The van der Waals surface area contributed by atoms with E-state index in [2.05, 4.69) is 11.8 Å². The summed E-state index contributed by atoms with van der Waals surface area (Å²) in [6.07, 6.45) is 0. The van der Waals surface area contributed by atoms with Crippen LogP contribution in [0.5, 0.6) is 0 Å². The molecule has 3 rings (SSSR count). The highest BCUT2D eigenvalue weighted by molar-refractivity contribution is 6.53. The molecule has 0 saturated heterocycles. The average Bonchev–Trinajstić information content (AvgIpc) is 2.50. The maximum absolute atomic E-state index is 12.1. The lowest BCUT2D eigenvalue weighted by molar-refractivity contribution is 0.0815. The fraction of sp³-hybridized carbons (Fsp3) is 0.0588. The first-order valence-corrected chi connectivity index (χ1v) is 6.14. The summed E-state index contributed by atoms with van der Waals surface area (Å²) in [6, 6.07) is 12.1. The largest absolute Gasteiger partial charge is 0.384 e. The molecular formula is C17H10O3. The second kappa shape index (κ2) is 4.76. The van der Waals surface area contributed by atoms with Crippen molar-refractivity contribution in [2.75, 3.05) is 6.61 Å². The van der Waals surface area contributed by atoms with Gasteiger partial charge < -0.3 is 5.11 Å². The minimum absolute atomic E-state index is 0.217. The van der Waals surface area contributed by atoms with Crippen LogP contribution in [0.4, 0.5) is 0 Å². The molecule has 0 spiro atoms. The summed E-state index contributed by atoms with van der Waals surface area (Å²) in [5.41, 5.74) is 3.00. The molecule has 20 heavy (non-hydrogen) atoms. The molecule has 3 heteroatoms. The van der Waals surface area contributed by atoms with Gasteiger partial charge in [0.2, 0.25) is 11.6 Å². The third kappa shape index (κ3) is 1.83. The zero-order valence-electron chi connectivity index (χ0n) is 10.5. The first-order valence-electron chi connectivity index (χ1n) is 6.14. The van der Waals surface area contributed by atoms with E-state index >= 15 is 0 Å². The van der Waals surface area contributed by atoms with E-state index in [0.29, 0.717) is 16.7 Å². The van der Waals surface area contributed by atoms with E-state index in [9.17, 15) is 9.59 Å². The Morgan fingerprint density at radius 2 is 1.50 bits per heavy atom. The van der Waals surface area contributed by atoms with Crippen molar-refractivity contribution in [3.63, 3.8) is 0 Å². The molecule has 0 aliphatic heterocycles. The quantitative estimate of drug-likeness (QED) is 0.584. The van der Waals surface area contributed by atoms with Crippen LogP contribution in [0.1, 0.15) is 26.3 Å². The molecule has 0 saturated carbocycles. The maximum Gasteiger partial charge on any atom is 0.234 e. The summed E-state index contributed by atoms with van der Waals surface area (Å²) in [4.78, 5) is 24.1. The molecule has 0 fully saturated rings. The van der Waals surface area contributed by atoms with Crippen molar-refractivity contribution in [3.8, 4) is 23.0 Å². The predicted octanol–water partition coefficient (Wildman–Crippen LogP) is 2.08. The fourth-order valence-electron chi connectivity index (χ4n) is 2.35. The smallest absolute Gasteiger partial charge is 0.234 e. The van der Waals surface area contributed by atoms with Crippen LogP contribution >= 0.6 is 0 Å². The lowest BCUT2D eigenvalue weighted by atomic mass is 9.83. The van der Waals surface area contributed by atoms with Gasteiger partial charge in [-0.25, -0.2) is 0 Å². The summed E-state index contributed by atoms with van der Waals surface area (Å²) in [5, 5.41) is 8.73. The lowest BCUT2D eigenvalue weighted by Gasteiger charge is -2.17. The van der Waals surface area contributed by atoms with E-state index in [4.69, 9.17) is 5.11 Å². The molecular weight excluding hydrogens is 252 g/mol. The Morgan fingerprint density at radius 1 is 0.850 bits per heavy atom. The number of fused-ring (bicyclic) bond motifs is 3. The van der Waals surface area contributed by atoms with Gasteiger partial charge in [-0.05, 0) is 29.3 Å². The molecule has 0 unspecified atom stereocenters. The van der Waals surface area contributed by atoms with Gasteiger partial charge in [0.1, 0.15) is 6.61 Å².